The molecule has 19 heavy (non-hydrogen) atoms. The second-order valence-corrected chi connectivity index (χ2v) is 4.14. The Balaban J connectivity index is 2.43. The van der Waals surface area contributed by atoms with Gasteiger partial charge >= 0.3 is 12.6 Å². The lowest BCUT2D eigenvalue weighted by atomic mass is 10.3. The third kappa shape index (κ3) is 2.96. The average molecular weight is 289 g/mol. The molecule has 0 N–H and O–H groups in total. The molecule has 2 aromatic rings. The van der Waals surface area contributed by atoms with E-state index in [9.17, 15) is 8.78 Å². The topological polar surface area (TPSA) is 36.3 Å². The lowest BCUT2D eigenvalue weighted by Crippen LogP contribution is -2.07. The number of hydrogen-bond donors (Lipinski definition) is 0. The number of aryl methyl sites for hydroxylation is 1. The van der Waals surface area contributed by atoms with Crippen LogP contribution in [0, 0.1) is 6.92 Å². The SMILES string of the molecule is COc1ccc(-n2cc(C)nc2OC(F)F)cc1Cl. The van der Waals surface area contributed by atoms with Gasteiger partial charge in [-0.2, -0.15) is 8.78 Å². The molecule has 0 radical (unpaired) electrons. The summed E-state index contributed by atoms with van der Waals surface area (Å²) in [7, 11) is 1.49. The maximum absolute atomic E-state index is 12.3. The molecular weight excluding hydrogens is 278 g/mol. The monoisotopic (exact) mass is 288 g/mol. The van der Waals surface area contributed by atoms with Crippen molar-refractivity contribution in [2.45, 2.75) is 13.5 Å². The molecule has 0 aliphatic carbocycles. The summed E-state index contributed by atoms with van der Waals surface area (Å²) in [5, 5.41) is 0.370. The fourth-order valence-electron chi connectivity index (χ4n) is 1.63. The first-order valence-electron chi connectivity index (χ1n) is 5.36. The zero-order chi connectivity index (χ0) is 14.0. The van der Waals surface area contributed by atoms with Crippen LogP contribution in [0.4, 0.5) is 8.78 Å². The number of alkyl halides is 2. The molecule has 0 saturated carbocycles. The number of aromatic nitrogens is 2. The lowest BCUT2D eigenvalue weighted by molar-refractivity contribution is -0.0569. The Labute approximate surface area is 113 Å². The van der Waals surface area contributed by atoms with Crippen molar-refractivity contribution in [3.63, 3.8) is 0 Å². The molecule has 0 aliphatic heterocycles. The van der Waals surface area contributed by atoms with Crippen LogP contribution < -0.4 is 9.47 Å². The number of nitrogens with zero attached hydrogens (tertiary/aromatic N) is 2. The second-order valence-electron chi connectivity index (χ2n) is 3.73. The first kappa shape index (κ1) is 13.6. The Morgan fingerprint density at radius 1 is 1.37 bits per heavy atom. The van der Waals surface area contributed by atoms with Gasteiger partial charge in [0.05, 0.1) is 23.5 Å². The summed E-state index contributed by atoms with van der Waals surface area (Å²) in [4.78, 5) is 3.89. The number of hydrogen-bond acceptors (Lipinski definition) is 3. The van der Waals surface area contributed by atoms with Crippen LogP contribution in [0.2, 0.25) is 5.02 Å². The summed E-state index contributed by atoms with van der Waals surface area (Å²) in [6.45, 7) is -1.26. The van der Waals surface area contributed by atoms with Crippen LogP contribution in [0.3, 0.4) is 0 Å². The summed E-state index contributed by atoms with van der Waals surface area (Å²) in [5.74, 6) is 0.499. The van der Waals surface area contributed by atoms with Gasteiger partial charge in [0.25, 0.3) is 0 Å². The van der Waals surface area contributed by atoms with Crippen molar-refractivity contribution in [3.05, 3.63) is 35.1 Å². The van der Waals surface area contributed by atoms with Crippen molar-refractivity contribution >= 4 is 11.6 Å². The zero-order valence-electron chi connectivity index (χ0n) is 10.2. The largest absolute Gasteiger partial charge is 0.495 e. The van der Waals surface area contributed by atoms with Gasteiger partial charge in [-0.25, -0.2) is 4.98 Å². The minimum Gasteiger partial charge on any atom is -0.495 e. The van der Waals surface area contributed by atoms with Gasteiger partial charge in [0.1, 0.15) is 5.75 Å². The van der Waals surface area contributed by atoms with Gasteiger partial charge in [0.15, 0.2) is 0 Å². The predicted molar refractivity (Wildman–Crippen MR) is 66.5 cm³/mol. The van der Waals surface area contributed by atoms with E-state index < -0.39 is 6.61 Å². The quantitative estimate of drug-likeness (QED) is 0.864. The molecule has 102 valence electrons. The molecule has 0 fully saturated rings. The molecule has 0 bridgehead atoms. The number of methoxy groups -OCH3 is 1. The maximum atomic E-state index is 12.3. The van der Waals surface area contributed by atoms with Crippen molar-refractivity contribution in [3.8, 4) is 17.4 Å². The van der Waals surface area contributed by atoms with E-state index in [1.807, 2.05) is 0 Å². The van der Waals surface area contributed by atoms with Crippen molar-refractivity contribution in [2.75, 3.05) is 7.11 Å². The molecule has 2 rings (SSSR count). The fourth-order valence-corrected chi connectivity index (χ4v) is 1.88. The summed E-state index contributed by atoms with van der Waals surface area (Å²) in [5.41, 5.74) is 1.12. The molecule has 7 heteroatoms. The molecule has 0 saturated heterocycles. The average Bonchev–Trinajstić information content (AvgIpc) is 2.69. The first-order chi connectivity index (χ1) is 9.01. The minimum absolute atomic E-state index is 0.186. The Morgan fingerprint density at radius 2 is 2.11 bits per heavy atom. The summed E-state index contributed by atoms with van der Waals surface area (Å²) in [6.07, 6.45) is 1.58. The Bertz CT molecular complexity index is 587. The third-order valence-electron chi connectivity index (χ3n) is 2.40. The van der Waals surface area contributed by atoms with Crippen LogP contribution in [0.15, 0.2) is 24.4 Å². The Kier molecular flexibility index (Phi) is 3.90. The third-order valence-corrected chi connectivity index (χ3v) is 2.70. The highest BCUT2D eigenvalue weighted by molar-refractivity contribution is 6.32. The normalized spacial score (nSPS) is 10.8. The summed E-state index contributed by atoms with van der Waals surface area (Å²) >= 11 is 6.00. The number of ether oxygens (including phenoxy) is 2. The molecule has 1 heterocycles. The molecule has 4 nitrogen and oxygen atoms in total. The standard InChI is InChI=1S/C12H11ClF2N2O2/c1-7-6-17(12(16-7)19-11(14)15)8-3-4-10(18-2)9(13)5-8/h3-6,11H,1-2H3. The molecule has 0 aliphatic rings. The first-order valence-corrected chi connectivity index (χ1v) is 5.73. The molecule has 1 aromatic heterocycles. The minimum atomic E-state index is -2.94. The van der Waals surface area contributed by atoms with Crippen LogP contribution in [0.1, 0.15) is 5.69 Å². The molecule has 0 spiro atoms. The van der Waals surface area contributed by atoms with Gasteiger partial charge < -0.3 is 9.47 Å². The Morgan fingerprint density at radius 3 is 2.68 bits per heavy atom. The number of benzene rings is 1. The van der Waals surface area contributed by atoms with Gasteiger partial charge in [-0.1, -0.05) is 11.6 Å². The van der Waals surface area contributed by atoms with Gasteiger partial charge in [0.2, 0.25) is 0 Å². The Hall–Kier alpha value is -1.82. The van der Waals surface area contributed by atoms with E-state index in [4.69, 9.17) is 16.3 Å². The van der Waals surface area contributed by atoms with E-state index >= 15 is 0 Å². The summed E-state index contributed by atoms with van der Waals surface area (Å²) in [6, 6.07) is 4.71. The van der Waals surface area contributed by atoms with Gasteiger partial charge in [-0.15, -0.1) is 0 Å². The van der Waals surface area contributed by atoms with Crippen molar-refractivity contribution in [2.24, 2.45) is 0 Å². The number of rotatable bonds is 4. The fraction of sp³-hybridized carbons (Fsp3) is 0.250. The van der Waals surface area contributed by atoms with E-state index in [1.165, 1.54) is 11.7 Å². The van der Waals surface area contributed by atoms with Crippen LogP contribution in [0.5, 0.6) is 11.8 Å². The number of imidazole rings is 1. The molecule has 0 amide bonds. The van der Waals surface area contributed by atoms with E-state index in [0.717, 1.165) is 0 Å². The van der Waals surface area contributed by atoms with E-state index in [0.29, 0.717) is 22.2 Å². The van der Waals surface area contributed by atoms with Crippen LogP contribution in [-0.2, 0) is 0 Å². The van der Waals surface area contributed by atoms with Crippen LogP contribution in [0.25, 0.3) is 5.69 Å². The second kappa shape index (κ2) is 5.44. The highest BCUT2D eigenvalue weighted by Crippen LogP contribution is 2.29. The maximum Gasteiger partial charge on any atom is 0.389 e. The van der Waals surface area contributed by atoms with E-state index in [-0.39, 0.29) is 6.01 Å². The van der Waals surface area contributed by atoms with Gasteiger partial charge in [-0.05, 0) is 25.1 Å². The lowest BCUT2D eigenvalue weighted by Gasteiger charge is -2.10. The van der Waals surface area contributed by atoms with Gasteiger partial charge in [0, 0.05) is 6.20 Å². The van der Waals surface area contributed by atoms with E-state index in [1.54, 1.807) is 31.3 Å². The van der Waals surface area contributed by atoms with Crippen molar-refractivity contribution in [1.29, 1.82) is 0 Å². The van der Waals surface area contributed by atoms with Crippen LogP contribution >= 0.6 is 11.6 Å². The highest BCUT2D eigenvalue weighted by atomic mass is 35.5. The molecule has 0 atom stereocenters. The highest BCUT2D eigenvalue weighted by Gasteiger charge is 2.14. The number of halogens is 3. The molecule has 0 unspecified atom stereocenters. The van der Waals surface area contributed by atoms with Gasteiger partial charge in [-0.3, -0.25) is 4.57 Å². The van der Waals surface area contributed by atoms with E-state index in [2.05, 4.69) is 9.72 Å². The van der Waals surface area contributed by atoms with Crippen LogP contribution in [-0.4, -0.2) is 23.3 Å². The molecule has 1 aromatic carbocycles. The summed E-state index contributed by atoms with van der Waals surface area (Å²) < 4.78 is 35.4. The van der Waals surface area contributed by atoms with Crippen molar-refractivity contribution < 1.29 is 18.3 Å². The predicted octanol–water partition coefficient (Wildman–Crippen LogP) is 3.44. The smallest absolute Gasteiger partial charge is 0.389 e. The zero-order valence-corrected chi connectivity index (χ0v) is 11.0. The van der Waals surface area contributed by atoms with Crippen molar-refractivity contribution in [1.82, 2.24) is 9.55 Å². The molecular formula is C12H11ClF2N2O2.